The summed E-state index contributed by atoms with van der Waals surface area (Å²) in [5, 5.41) is 5.18. The van der Waals surface area contributed by atoms with E-state index in [-0.39, 0.29) is 6.54 Å². The quantitative estimate of drug-likeness (QED) is 0.781. The van der Waals surface area contributed by atoms with Crippen molar-refractivity contribution in [2.45, 2.75) is 26.9 Å². The molecule has 0 amide bonds. The summed E-state index contributed by atoms with van der Waals surface area (Å²) < 4.78 is 7.37. The number of benzene rings is 1. The van der Waals surface area contributed by atoms with Crippen molar-refractivity contribution in [1.82, 2.24) is 14.7 Å². The molecular formula is C14H16N4O. The number of fused-ring (bicyclic) bond motifs is 1. The number of hydrogen-bond donors (Lipinski definition) is 1. The van der Waals surface area contributed by atoms with E-state index in [1.165, 1.54) is 5.52 Å². The van der Waals surface area contributed by atoms with Gasteiger partial charge in [0.1, 0.15) is 0 Å². The zero-order valence-electron chi connectivity index (χ0n) is 11.1. The smallest absolute Gasteiger partial charge is 0.240 e. The highest BCUT2D eigenvalue weighted by atomic mass is 16.5. The van der Waals surface area contributed by atoms with E-state index in [1.54, 1.807) is 0 Å². The average molecular weight is 256 g/mol. The molecule has 3 rings (SSSR count). The normalized spacial score (nSPS) is 11.3. The molecule has 2 aromatic heterocycles. The third kappa shape index (κ3) is 1.74. The lowest BCUT2D eigenvalue weighted by Crippen LogP contribution is -1.97. The Balaban J connectivity index is 2.31. The largest absolute Gasteiger partial charge is 0.344 e. The van der Waals surface area contributed by atoms with Crippen molar-refractivity contribution in [3.05, 3.63) is 35.9 Å². The fourth-order valence-electron chi connectivity index (χ4n) is 2.56. The van der Waals surface area contributed by atoms with Crippen LogP contribution in [0.2, 0.25) is 0 Å². The molecule has 3 aromatic rings. The number of aromatic nitrogens is 3. The first-order chi connectivity index (χ1) is 9.26. The zero-order valence-corrected chi connectivity index (χ0v) is 11.1. The van der Waals surface area contributed by atoms with Gasteiger partial charge in [-0.25, -0.2) is 0 Å². The van der Waals surface area contributed by atoms with Gasteiger partial charge in [-0.15, -0.1) is 0 Å². The minimum atomic E-state index is 0.262. The number of aryl methyl sites for hydroxylation is 1. The Morgan fingerprint density at radius 3 is 2.79 bits per heavy atom. The van der Waals surface area contributed by atoms with Crippen LogP contribution in [0.1, 0.15) is 18.5 Å². The Morgan fingerprint density at radius 2 is 2.11 bits per heavy atom. The van der Waals surface area contributed by atoms with Crippen molar-refractivity contribution in [1.29, 1.82) is 0 Å². The van der Waals surface area contributed by atoms with Gasteiger partial charge in [-0.3, -0.25) is 0 Å². The molecule has 0 bridgehead atoms. The van der Waals surface area contributed by atoms with Gasteiger partial charge in [-0.1, -0.05) is 23.4 Å². The highest BCUT2D eigenvalue weighted by Crippen LogP contribution is 2.32. The molecule has 0 atom stereocenters. The van der Waals surface area contributed by atoms with Crippen LogP contribution in [0.5, 0.6) is 0 Å². The molecule has 0 fully saturated rings. The van der Waals surface area contributed by atoms with Crippen LogP contribution in [0, 0.1) is 6.92 Å². The molecule has 5 nitrogen and oxygen atoms in total. The summed E-state index contributed by atoms with van der Waals surface area (Å²) in [5.41, 5.74) is 8.89. The lowest BCUT2D eigenvalue weighted by molar-refractivity contribution is 0.380. The maximum atomic E-state index is 5.52. The van der Waals surface area contributed by atoms with Crippen molar-refractivity contribution in [2.75, 3.05) is 0 Å². The second kappa shape index (κ2) is 4.51. The maximum absolute atomic E-state index is 5.52. The summed E-state index contributed by atoms with van der Waals surface area (Å²) in [6.45, 7) is 5.38. The van der Waals surface area contributed by atoms with Gasteiger partial charge in [0.2, 0.25) is 11.7 Å². The van der Waals surface area contributed by atoms with E-state index in [1.807, 2.05) is 12.1 Å². The Labute approximate surface area is 111 Å². The Morgan fingerprint density at radius 1 is 1.32 bits per heavy atom. The van der Waals surface area contributed by atoms with E-state index in [0.29, 0.717) is 11.7 Å². The highest BCUT2D eigenvalue weighted by Gasteiger charge is 2.18. The van der Waals surface area contributed by atoms with Gasteiger partial charge in [0.15, 0.2) is 0 Å². The molecule has 0 unspecified atom stereocenters. The molecule has 1 aromatic carbocycles. The minimum absolute atomic E-state index is 0.262. The highest BCUT2D eigenvalue weighted by molar-refractivity contribution is 5.96. The molecule has 98 valence electrons. The maximum Gasteiger partial charge on any atom is 0.240 e. The lowest BCUT2D eigenvalue weighted by atomic mass is 10.1. The van der Waals surface area contributed by atoms with Gasteiger partial charge in [0, 0.05) is 23.1 Å². The van der Waals surface area contributed by atoms with Crippen LogP contribution in [0.3, 0.4) is 0 Å². The molecule has 19 heavy (non-hydrogen) atoms. The van der Waals surface area contributed by atoms with E-state index < -0.39 is 0 Å². The predicted octanol–water partition coefficient (Wildman–Crippen LogP) is 2.48. The van der Waals surface area contributed by atoms with Crippen LogP contribution in [-0.2, 0) is 13.1 Å². The average Bonchev–Trinajstić information content (AvgIpc) is 2.99. The van der Waals surface area contributed by atoms with Crippen LogP contribution in [0.25, 0.3) is 22.3 Å². The summed E-state index contributed by atoms with van der Waals surface area (Å²) in [6, 6.07) is 8.26. The van der Waals surface area contributed by atoms with Crippen LogP contribution >= 0.6 is 0 Å². The van der Waals surface area contributed by atoms with Gasteiger partial charge >= 0.3 is 0 Å². The molecule has 0 spiro atoms. The third-order valence-corrected chi connectivity index (χ3v) is 3.41. The topological polar surface area (TPSA) is 69.9 Å². The second-order valence-corrected chi connectivity index (χ2v) is 4.44. The van der Waals surface area contributed by atoms with Gasteiger partial charge < -0.3 is 14.8 Å². The van der Waals surface area contributed by atoms with E-state index in [2.05, 4.69) is 40.7 Å². The Bertz CT molecular complexity index is 726. The van der Waals surface area contributed by atoms with E-state index >= 15 is 0 Å². The third-order valence-electron chi connectivity index (χ3n) is 3.41. The standard InChI is InChI=1S/C14H16N4O/c1-3-18-9(2)13(10-6-4-5-7-11(10)18)14-16-12(8-15)19-17-14/h4-7H,3,8,15H2,1-2H3. The van der Waals surface area contributed by atoms with Crippen LogP contribution in [0.15, 0.2) is 28.8 Å². The predicted molar refractivity (Wildman–Crippen MR) is 73.5 cm³/mol. The fraction of sp³-hybridized carbons (Fsp3) is 0.286. The van der Waals surface area contributed by atoms with Crippen LogP contribution in [0.4, 0.5) is 0 Å². The van der Waals surface area contributed by atoms with Gasteiger partial charge in [0.05, 0.1) is 12.1 Å². The molecular weight excluding hydrogens is 240 g/mol. The first-order valence-corrected chi connectivity index (χ1v) is 6.37. The number of hydrogen-bond acceptors (Lipinski definition) is 4. The number of para-hydroxylation sites is 1. The van der Waals surface area contributed by atoms with Crippen LogP contribution < -0.4 is 5.73 Å². The van der Waals surface area contributed by atoms with Crippen molar-refractivity contribution in [2.24, 2.45) is 5.73 Å². The Hall–Kier alpha value is -2.14. The van der Waals surface area contributed by atoms with E-state index in [9.17, 15) is 0 Å². The summed E-state index contributed by atoms with van der Waals surface area (Å²) in [7, 11) is 0. The summed E-state index contributed by atoms with van der Waals surface area (Å²) in [4.78, 5) is 4.34. The zero-order chi connectivity index (χ0) is 13.4. The first-order valence-electron chi connectivity index (χ1n) is 6.37. The molecule has 5 heteroatoms. The molecule has 0 saturated carbocycles. The van der Waals surface area contributed by atoms with Crippen molar-refractivity contribution < 1.29 is 4.52 Å². The summed E-state index contributed by atoms with van der Waals surface area (Å²) in [6.07, 6.45) is 0. The molecule has 0 aliphatic carbocycles. The SMILES string of the molecule is CCn1c(C)c(-c2noc(CN)n2)c2ccccc21. The fourth-order valence-corrected chi connectivity index (χ4v) is 2.56. The summed E-state index contributed by atoms with van der Waals surface area (Å²) in [5.74, 6) is 1.07. The van der Waals surface area contributed by atoms with Gasteiger partial charge in [0.25, 0.3) is 0 Å². The van der Waals surface area contributed by atoms with Crippen molar-refractivity contribution in [3.63, 3.8) is 0 Å². The molecule has 0 saturated heterocycles. The first kappa shape index (κ1) is 11.9. The lowest BCUT2D eigenvalue weighted by Gasteiger charge is -2.03. The molecule has 0 aliphatic heterocycles. The molecule has 2 heterocycles. The van der Waals surface area contributed by atoms with Crippen LogP contribution in [-0.4, -0.2) is 14.7 Å². The Kier molecular flexibility index (Phi) is 2.83. The van der Waals surface area contributed by atoms with E-state index in [4.69, 9.17) is 10.3 Å². The molecule has 2 N–H and O–H groups in total. The number of rotatable bonds is 3. The van der Waals surface area contributed by atoms with Gasteiger partial charge in [-0.2, -0.15) is 4.98 Å². The summed E-state index contributed by atoms with van der Waals surface area (Å²) >= 11 is 0. The monoisotopic (exact) mass is 256 g/mol. The number of nitrogens with two attached hydrogens (primary N) is 1. The van der Waals surface area contributed by atoms with E-state index in [0.717, 1.165) is 23.2 Å². The van der Waals surface area contributed by atoms with Crippen molar-refractivity contribution >= 4 is 10.9 Å². The van der Waals surface area contributed by atoms with Crippen molar-refractivity contribution in [3.8, 4) is 11.4 Å². The number of nitrogens with zero attached hydrogens (tertiary/aromatic N) is 3. The molecule has 0 radical (unpaired) electrons. The molecule has 0 aliphatic rings. The van der Waals surface area contributed by atoms with Gasteiger partial charge in [-0.05, 0) is 19.9 Å². The minimum Gasteiger partial charge on any atom is -0.344 e. The second-order valence-electron chi connectivity index (χ2n) is 4.44.